The van der Waals surface area contributed by atoms with Gasteiger partial charge in [-0.1, -0.05) is 6.92 Å². The summed E-state index contributed by atoms with van der Waals surface area (Å²) in [4.78, 5) is 0. The van der Waals surface area contributed by atoms with E-state index in [0.29, 0.717) is 0 Å². The van der Waals surface area contributed by atoms with Gasteiger partial charge in [0.05, 0.1) is 0 Å². The molecule has 2 nitrogen and oxygen atoms in total. The van der Waals surface area contributed by atoms with E-state index in [1.807, 2.05) is 0 Å². The number of hydrogen-bond donors (Lipinski definition) is 2. The Labute approximate surface area is 76.1 Å². The zero-order valence-electron chi connectivity index (χ0n) is 8.40. The lowest BCUT2D eigenvalue weighted by molar-refractivity contribution is 0.441. The highest BCUT2D eigenvalue weighted by Gasteiger charge is 2.15. The SMILES string of the molecule is CCC1CCC(CNC)CCN1. The van der Waals surface area contributed by atoms with Crippen molar-refractivity contribution in [3.05, 3.63) is 0 Å². The lowest BCUT2D eigenvalue weighted by atomic mass is 9.98. The summed E-state index contributed by atoms with van der Waals surface area (Å²) in [6.07, 6.45) is 5.39. The van der Waals surface area contributed by atoms with Crippen molar-refractivity contribution in [1.82, 2.24) is 10.6 Å². The third-order valence-electron chi connectivity index (χ3n) is 2.89. The summed E-state index contributed by atoms with van der Waals surface area (Å²) >= 11 is 0. The normalized spacial score (nSPS) is 31.5. The van der Waals surface area contributed by atoms with E-state index in [2.05, 4.69) is 24.6 Å². The van der Waals surface area contributed by atoms with E-state index in [9.17, 15) is 0 Å². The van der Waals surface area contributed by atoms with Crippen LogP contribution in [0.25, 0.3) is 0 Å². The molecular weight excluding hydrogens is 148 g/mol. The van der Waals surface area contributed by atoms with Gasteiger partial charge in [0.2, 0.25) is 0 Å². The van der Waals surface area contributed by atoms with E-state index in [-0.39, 0.29) is 0 Å². The number of rotatable bonds is 3. The van der Waals surface area contributed by atoms with Crippen LogP contribution in [-0.4, -0.2) is 26.2 Å². The molecule has 0 aromatic rings. The predicted octanol–water partition coefficient (Wildman–Crippen LogP) is 1.37. The Morgan fingerprint density at radius 2 is 2.17 bits per heavy atom. The van der Waals surface area contributed by atoms with Crippen LogP contribution in [-0.2, 0) is 0 Å². The Bertz CT molecular complexity index is 114. The molecule has 2 N–H and O–H groups in total. The maximum atomic E-state index is 3.59. The molecule has 12 heavy (non-hydrogen) atoms. The van der Waals surface area contributed by atoms with Gasteiger partial charge in [-0.2, -0.15) is 0 Å². The molecule has 1 aliphatic rings. The molecule has 0 aromatic carbocycles. The maximum Gasteiger partial charge on any atom is 0.00645 e. The molecule has 1 fully saturated rings. The smallest absolute Gasteiger partial charge is 0.00645 e. The van der Waals surface area contributed by atoms with Gasteiger partial charge in [0, 0.05) is 6.04 Å². The van der Waals surface area contributed by atoms with Gasteiger partial charge in [-0.25, -0.2) is 0 Å². The van der Waals surface area contributed by atoms with Crippen LogP contribution in [0.15, 0.2) is 0 Å². The van der Waals surface area contributed by atoms with Gasteiger partial charge < -0.3 is 10.6 Å². The lowest BCUT2D eigenvalue weighted by Gasteiger charge is -2.13. The third kappa shape index (κ3) is 3.11. The van der Waals surface area contributed by atoms with E-state index in [1.165, 1.54) is 38.8 Å². The first-order chi connectivity index (χ1) is 5.86. The van der Waals surface area contributed by atoms with Crippen LogP contribution in [0.1, 0.15) is 32.6 Å². The standard InChI is InChI=1S/C10H22N2/c1-3-10-5-4-9(8-11-2)6-7-12-10/h9-12H,3-8H2,1-2H3. The van der Waals surface area contributed by atoms with Crippen molar-refractivity contribution >= 4 is 0 Å². The van der Waals surface area contributed by atoms with E-state index in [0.717, 1.165) is 12.0 Å². The number of hydrogen-bond acceptors (Lipinski definition) is 2. The molecule has 0 amide bonds. The molecule has 2 unspecified atom stereocenters. The Kier molecular flexibility index (Phi) is 4.62. The fraction of sp³-hybridized carbons (Fsp3) is 1.00. The average Bonchev–Trinajstić information content (AvgIpc) is 2.31. The van der Waals surface area contributed by atoms with E-state index in [1.54, 1.807) is 0 Å². The molecule has 0 bridgehead atoms. The molecule has 0 saturated carbocycles. The lowest BCUT2D eigenvalue weighted by Crippen LogP contribution is -2.27. The van der Waals surface area contributed by atoms with Crippen LogP contribution in [0.4, 0.5) is 0 Å². The van der Waals surface area contributed by atoms with Gasteiger partial charge in [-0.15, -0.1) is 0 Å². The van der Waals surface area contributed by atoms with Gasteiger partial charge in [-0.05, 0) is 51.7 Å². The van der Waals surface area contributed by atoms with E-state index in [4.69, 9.17) is 0 Å². The van der Waals surface area contributed by atoms with Crippen molar-refractivity contribution in [2.24, 2.45) is 5.92 Å². The van der Waals surface area contributed by atoms with Crippen LogP contribution in [0.5, 0.6) is 0 Å². The number of nitrogens with one attached hydrogen (secondary N) is 2. The average molecular weight is 170 g/mol. The molecule has 1 rings (SSSR count). The van der Waals surface area contributed by atoms with Crippen LogP contribution < -0.4 is 10.6 Å². The van der Waals surface area contributed by atoms with Crippen molar-refractivity contribution in [2.75, 3.05) is 20.1 Å². The first kappa shape index (κ1) is 10.0. The van der Waals surface area contributed by atoms with Crippen LogP contribution >= 0.6 is 0 Å². The monoisotopic (exact) mass is 170 g/mol. The minimum atomic E-state index is 0.784. The highest BCUT2D eigenvalue weighted by atomic mass is 14.9. The molecule has 0 radical (unpaired) electrons. The first-order valence-corrected chi connectivity index (χ1v) is 5.24. The second kappa shape index (κ2) is 5.55. The Morgan fingerprint density at radius 1 is 1.33 bits per heavy atom. The van der Waals surface area contributed by atoms with Crippen molar-refractivity contribution in [3.63, 3.8) is 0 Å². The van der Waals surface area contributed by atoms with Gasteiger partial charge in [0.25, 0.3) is 0 Å². The van der Waals surface area contributed by atoms with Gasteiger partial charge >= 0.3 is 0 Å². The molecule has 1 aliphatic heterocycles. The molecule has 2 atom stereocenters. The van der Waals surface area contributed by atoms with Crippen molar-refractivity contribution in [2.45, 2.75) is 38.6 Å². The Balaban J connectivity index is 2.24. The largest absolute Gasteiger partial charge is 0.319 e. The zero-order chi connectivity index (χ0) is 8.81. The topological polar surface area (TPSA) is 24.1 Å². The summed E-state index contributed by atoms with van der Waals surface area (Å²) in [6, 6.07) is 0.784. The van der Waals surface area contributed by atoms with Crippen molar-refractivity contribution in [3.8, 4) is 0 Å². The summed E-state index contributed by atoms with van der Waals surface area (Å²) in [5, 5.41) is 6.86. The molecule has 0 spiro atoms. The van der Waals surface area contributed by atoms with Crippen LogP contribution in [0.3, 0.4) is 0 Å². The molecule has 1 saturated heterocycles. The maximum absolute atomic E-state index is 3.59. The quantitative estimate of drug-likeness (QED) is 0.668. The minimum Gasteiger partial charge on any atom is -0.319 e. The predicted molar refractivity (Wildman–Crippen MR) is 53.3 cm³/mol. The summed E-state index contributed by atoms with van der Waals surface area (Å²) in [6.45, 7) is 4.68. The molecule has 0 aromatic heterocycles. The van der Waals surface area contributed by atoms with Crippen molar-refractivity contribution in [1.29, 1.82) is 0 Å². The van der Waals surface area contributed by atoms with Gasteiger partial charge in [-0.3, -0.25) is 0 Å². The summed E-state index contributed by atoms with van der Waals surface area (Å²) in [5.41, 5.74) is 0. The van der Waals surface area contributed by atoms with Crippen molar-refractivity contribution < 1.29 is 0 Å². The highest BCUT2D eigenvalue weighted by molar-refractivity contribution is 4.74. The second-order valence-electron chi connectivity index (χ2n) is 3.85. The van der Waals surface area contributed by atoms with Gasteiger partial charge in [0.1, 0.15) is 0 Å². The first-order valence-electron chi connectivity index (χ1n) is 5.24. The zero-order valence-corrected chi connectivity index (χ0v) is 8.40. The molecule has 0 aliphatic carbocycles. The van der Waals surface area contributed by atoms with E-state index >= 15 is 0 Å². The summed E-state index contributed by atoms with van der Waals surface area (Å²) < 4.78 is 0. The molecular formula is C10H22N2. The summed E-state index contributed by atoms with van der Waals surface area (Å²) in [7, 11) is 2.05. The summed E-state index contributed by atoms with van der Waals surface area (Å²) in [5.74, 6) is 0.902. The Morgan fingerprint density at radius 3 is 2.83 bits per heavy atom. The minimum absolute atomic E-state index is 0.784. The third-order valence-corrected chi connectivity index (χ3v) is 2.89. The molecule has 2 heteroatoms. The molecule has 72 valence electrons. The van der Waals surface area contributed by atoms with E-state index < -0.39 is 0 Å². The van der Waals surface area contributed by atoms with Crippen LogP contribution in [0.2, 0.25) is 0 Å². The van der Waals surface area contributed by atoms with Crippen LogP contribution in [0, 0.1) is 5.92 Å². The second-order valence-corrected chi connectivity index (χ2v) is 3.85. The molecule has 1 heterocycles. The highest BCUT2D eigenvalue weighted by Crippen LogP contribution is 2.16. The van der Waals surface area contributed by atoms with Gasteiger partial charge in [0.15, 0.2) is 0 Å². The fourth-order valence-corrected chi connectivity index (χ4v) is 2.02. The fourth-order valence-electron chi connectivity index (χ4n) is 2.02. The Hall–Kier alpha value is -0.0800.